The third kappa shape index (κ3) is 7.18. The van der Waals surface area contributed by atoms with Crippen LogP contribution in [0.2, 0.25) is 0 Å². The first-order valence-electron chi connectivity index (χ1n) is 10.2. The Morgan fingerprint density at radius 2 is 1.84 bits per heavy atom. The van der Waals surface area contributed by atoms with E-state index in [9.17, 15) is 9.59 Å². The lowest BCUT2D eigenvalue weighted by molar-refractivity contribution is 0.0477. The molecule has 2 amide bonds. The van der Waals surface area contributed by atoms with Crippen molar-refractivity contribution in [1.82, 2.24) is 20.4 Å². The van der Waals surface area contributed by atoms with Gasteiger partial charge in [-0.3, -0.25) is 9.69 Å². The Bertz CT molecular complexity index is 886. The molecule has 0 bridgehead atoms. The van der Waals surface area contributed by atoms with E-state index >= 15 is 0 Å². The third-order valence-corrected chi connectivity index (χ3v) is 5.58. The number of amides is 2. The van der Waals surface area contributed by atoms with Crippen LogP contribution < -0.4 is 15.4 Å². The SMILES string of the molecule is COc1ccc(NC(=O)c2nnc(CN3CCC(NC(=O)OC(C)(C)C)CC3)s2)cc1. The molecule has 0 spiro atoms. The van der Waals surface area contributed by atoms with Crippen LogP contribution in [0.5, 0.6) is 5.75 Å². The maximum atomic E-state index is 12.4. The summed E-state index contributed by atoms with van der Waals surface area (Å²) >= 11 is 1.29. The topological polar surface area (TPSA) is 106 Å². The van der Waals surface area contributed by atoms with Gasteiger partial charge in [-0.25, -0.2) is 4.79 Å². The Balaban J connectivity index is 1.44. The normalized spacial score (nSPS) is 15.4. The van der Waals surface area contributed by atoms with Gasteiger partial charge in [0.15, 0.2) is 0 Å². The van der Waals surface area contributed by atoms with Crippen LogP contribution in [0.1, 0.15) is 48.4 Å². The second-order valence-electron chi connectivity index (χ2n) is 8.38. The van der Waals surface area contributed by atoms with Crippen LogP contribution in [0.25, 0.3) is 0 Å². The Hall–Kier alpha value is -2.72. The van der Waals surface area contributed by atoms with Gasteiger partial charge < -0.3 is 20.1 Å². The number of nitrogens with one attached hydrogen (secondary N) is 2. The van der Waals surface area contributed by atoms with Gasteiger partial charge in [0.1, 0.15) is 16.4 Å². The Labute approximate surface area is 186 Å². The number of carbonyl (C=O) groups excluding carboxylic acids is 2. The summed E-state index contributed by atoms with van der Waals surface area (Å²) in [5.41, 5.74) is 0.169. The standard InChI is InChI=1S/C21H29N5O4S/c1-21(2,3)30-20(28)23-15-9-11-26(12-10-15)13-17-24-25-19(31-17)18(27)22-14-5-7-16(29-4)8-6-14/h5-8,15H,9-13H2,1-4H3,(H,22,27)(H,23,28). The summed E-state index contributed by atoms with van der Waals surface area (Å²) in [6.45, 7) is 7.84. The number of aromatic nitrogens is 2. The van der Waals surface area contributed by atoms with Gasteiger partial charge in [-0.05, 0) is 57.9 Å². The third-order valence-electron chi connectivity index (χ3n) is 4.68. The molecule has 10 heteroatoms. The highest BCUT2D eigenvalue weighted by Gasteiger charge is 2.24. The highest BCUT2D eigenvalue weighted by Crippen LogP contribution is 2.19. The van der Waals surface area contributed by atoms with Crippen LogP contribution in [-0.4, -0.2) is 58.9 Å². The van der Waals surface area contributed by atoms with Crippen molar-refractivity contribution in [3.63, 3.8) is 0 Å². The minimum absolute atomic E-state index is 0.103. The second-order valence-corrected chi connectivity index (χ2v) is 9.44. The van der Waals surface area contributed by atoms with Gasteiger partial charge >= 0.3 is 6.09 Å². The average molecular weight is 448 g/mol. The first-order valence-corrected chi connectivity index (χ1v) is 11.0. The van der Waals surface area contributed by atoms with Crippen LogP contribution >= 0.6 is 11.3 Å². The molecule has 0 radical (unpaired) electrons. The minimum atomic E-state index is -0.500. The lowest BCUT2D eigenvalue weighted by atomic mass is 10.1. The summed E-state index contributed by atoms with van der Waals surface area (Å²) in [7, 11) is 1.59. The van der Waals surface area contributed by atoms with E-state index in [0.29, 0.717) is 17.2 Å². The van der Waals surface area contributed by atoms with Gasteiger partial charge in [-0.1, -0.05) is 11.3 Å². The fourth-order valence-electron chi connectivity index (χ4n) is 3.17. The van der Waals surface area contributed by atoms with E-state index in [4.69, 9.17) is 9.47 Å². The van der Waals surface area contributed by atoms with Gasteiger partial charge in [-0.2, -0.15) is 0 Å². The van der Waals surface area contributed by atoms with E-state index in [1.54, 1.807) is 31.4 Å². The van der Waals surface area contributed by atoms with Crippen molar-refractivity contribution in [3.8, 4) is 5.75 Å². The van der Waals surface area contributed by atoms with E-state index in [2.05, 4.69) is 25.7 Å². The molecule has 9 nitrogen and oxygen atoms in total. The molecule has 1 aromatic heterocycles. The molecule has 168 valence electrons. The van der Waals surface area contributed by atoms with Crippen molar-refractivity contribution in [1.29, 1.82) is 0 Å². The lowest BCUT2D eigenvalue weighted by Crippen LogP contribution is -2.45. The molecule has 2 N–H and O–H groups in total. The van der Waals surface area contributed by atoms with Crippen molar-refractivity contribution in [2.45, 2.75) is 51.8 Å². The number of methoxy groups -OCH3 is 1. The predicted molar refractivity (Wildman–Crippen MR) is 119 cm³/mol. The molecule has 1 aromatic carbocycles. The fourth-order valence-corrected chi connectivity index (χ4v) is 3.95. The van der Waals surface area contributed by atoms with Gasteiger partial charge in [0.2, 0.25) is 5.01 Å². The van der Waals surface area contributed by atoms with E-state index in [-0.39, 0.29) is 18.0 Å². The molecule has 0 saturated carbocycles. The molecule has 0 atom stereocenters. The molecule has 3 rings (SSSR count). The summed E-state index contributed by atoms with van der Waals surface area (Å²) in [6, 6.07) is 7.21. The Morgan fingerprint density at radius 1 is 1.16 bits per heavy atom. The number of carbonyl (C=O) groups is 2. The van der Waals surface area contributed by atoms with Crippen molar-refractivity contribution >= 4 is 29.0 Å². The molecule has 2 heterocycles. The molecule has 1 aliphatic heterocycles. The lowest BCUT2D eigenvalue weighted by Gasteiger charge is -2.32. The monoisotopic (exact) mass is 447 g/mol. The van der Waals surface area contributed by atoms with Crippen LogP contribution in [0.4, 0.5) is 10.5 Å². The number of hydrogen-bond acceptors (Lipinski definition) is 8. The largest absolute Gasteiger partial charge is 0.497 e. The maximum absolute atomic E-state index is 12.4. The summed E-state index contributed by atoms with van der Waals surface area (Å²) in [6.07, 6.45) is 1.30. The molecule has 1 aliphatic rings. The summed E-state index contributed by atoms with van der Waals surface area (Å²) in [4.78, 5) is 26.6. The Morgan fingerprint density at radius 3 is 2.45 bits per heavy atom. The highest BCUT2D eigenvalue weighted by atomic mass is 32.1. The number of hydrogen-bond donors (Lipinski definition) is 2. The zero-order chi connectivity index (χ0) is 22.4. The molecule has 31 heavy (non-hydrogen) atoms. The number of piperidine rings is 1. The number of likely N-dealkylation sites (tertiary alicyclic amines) is 1. The Kier molecular flexibility index (Phi) is 7.45. The molecular formula is C21H29N5O4S. The molecule has 1 saturated heterocycles. The van der Waals surface area contributed by atoms with Gasteiger partial charge in [0.05, 0.1) is 13.7 Å². The number of rotatable bonds is 6. The molecule has 2 aromatic rings. The summed E-state index contributed by atoms with van der Waals surface area (Å²) in [5, 5.41) is 15.1. The maximum Gasteiger partial charge on any atom is 0.407 e. The number of anilines is 1. The van der Waals surface area contributed by atoms with Gasteiger partial charge in [0.25, 0.3) is 5.91 Å². The first kappa shape index (κ1) is 23.0. The predicted octanol–water partition coefficient (Wildman–Crippen LogP) is 3.29. The van der Waals surface area contributed by atoms with Crippen LogP contribution in [0.3, 0.4) is 0 Å². The number of alkyl carbamates (subject to hydrolysis) is 1. The van der Waals surface area contributed by atoms with Crippen LogP contribution in [0, 0.1) is 0 Å². The van der Waals surface area contributed by atoms with E-state index in [1.807, 2.05) is 20.8 Å². The second kappa shape index (κ2) is 10.1. The average Bonchev–Trinajstić information content (AvgIpc) is 3.17. The first-order chi connectivity index (χ1) is 14.7. The fraction of sp³-hybridized carbons (Fsp3) is 0.524. The summed E-state index contributed by atoms with van der Waals surface area (Å²) in [5.74, 6) is 0.440. The van der Waals surface area contributed by atoms with Crippen molar-refractivity contribution in [2.24, 2.45) is 0 Å². The van der Waals surface area contributed by atoms with Crippen molar-refractivity contribution in [2.75, 3.05) is 25.5 Å². The minimum Gasteiger partial charge on any atom is -0.497 e. The zero-order valence-corrected chi connectivity index (χ0v) is 19.1. The highest BCUT2D eigenvalue weighted by molar-refractivity contribution is 7.13. The molecular weight excluding hydrogens is 418 g/mol. The zero-order valence-electron chi connectivity index (χ0n) is 18.3. The molecule has 0 aliphatic carbocycles. The summed E-state index contributed by atoms with van der Waals surface area (Å²) < 4.78 is 10.4. The van der Waals surface area contributed by atoms with E-state index in [1.165, 1.54) is 11.3 Å². The molecule has 1 fully saturated rings. The van der Waals surface area contributed by atoms with Gasteiger partial charge in [-0.15, -0.1) is 10.2 Å². The van der Waals surface area contributed by atoms with Gasteiger partial charge in [0, 0.05) is 24.8 Å². The van der Waals surface area contributed by atoms with Crippen molar-refractivity contribution < 1.29 is 19.1 Å². The number of ether oxygens (including phenoxy) is 2. The number of nitrogens with zero attached hydrogens (tertiary/aromatic N) is 3. The van der Waals surface area contributed by atoms with E-state index < -0.39 is 5.60 Å². The van der Waals surface area contributed by atoms with Crippen molar-refractivity contribution in [3.05, 3.63) is 34.3 Å². The van der Waals surface area contributed by atoms with Crippen LogP contribution in [0.15, 0.2) is 24.3 Å². The van der Waals surface area contributed by atoms with E-state index in [0.717, 1.165) is 36.7 Å². The molecule has 0 unspecified atom stereocenters. The number of benzene rings is 1. The quantitative estimate of drug-likeness (QED) is 0.700. The smallest absolute Gasteiger partial charge is 0.407 e. The van der Waals surface area contributed by atoms with Crippen LogP contribution in [-0.2, 0) is 11.3 Å².